The predicted octanol–water partition coefficient (Wildman–Crippen LogP) is 3.37. The first-order valence-corrected chi connectivity index (χ1v) is 9.40. The van der Waals surface area contributed by atoms with Crippen molar-refractivity contribution in [1.82, 2.24) is 20.5 Å². The number of piperazine rings is 1. The van der Waals surface area contributed by atoms with E-state index in [9.17, 15) is 13.2 Å². The highest BCUT2D eigenvalue weighted by molar-refractivity contribution is 5.92. The smallest absolute Gasteiger partial charge is 0.364 e. The largest absolute Gasteiger partial charge is 0.416 e. The number of hydrogen-bond donors (Lipinski definition) is 2. The molecule has 3 aromatic rings. The van der Waals surface area contributed by atoms with Crippen LogP contribution >= 0.6 is 0 Å². The van der Waals surface area contributed by atoms with Gasteiger partial charge in [0.05, 0.1) is 11.8 Å². The van der Waals surface area contributed by atoms with Crippen molar-refractivity contribution in [3.8, 4) is 0 Å². The van der Waals surface area contributed by atoms with E-state index in [1.54, 1.807) is 18.5 Å². The first-order valence-electron chi connectivity index (χ1n) is 9.40. The molecular weight excluding hydrogens is 381 g/mol. The summed E-state index contributed by atoms with van der Waals surface area (Å²) < 4.78 is 39.5. The molecule has 1 aliphatic rings. The molecule has 152 valence electrons. The van der Waals surface area contributed by atoms with Crippen LogP contribution in [-0.4, -0.2) is 41.4 Å². The summed E-state index contributed by atoms with van der Waals surface area (Å²) in [6, 6.07) is 6.16. The lowest BCUT2D eigenvalue weighted by atomic mass is 10.0. The number of pyridine rings is 1. The number of hydrogen-bond acceptors (Lipinski definition) is 6. The highest BCUT2D eigenvalue weighted by Gasteiger charge is 2.32. The lowest BCUT2D eigenvalue weighted by Gasteiger charge is -2.28. The summed E-state index contributed by atoms with van der Waals surface area (Å²) >= 11 is 0. The molecule has 2 aromatic heterocycles. The van der Waals surface area contributed by atoms with E-state index in [2.05, 4.69) is 30.7 Å². The average molecular weight is 402 g/mol. The van der Waals surface area contributed by atoms with Gasteiger partial charge in [-0.2, -0.15) is 18.3 Å². The van der Waals surface area contributed by atoms with Crippen molar-refractivity contribution >= 4 is 22.4 Å². The van der Waals surface area contributed by atoms with Crippen molar-refractivity contribution in [2.75, 3.05) is 36.4 Å². The standard InChI is InChI=1S/C20H21F3N6/c1-13-14(3-2-4-17(13)20(21,22)23)10-26-19-16-9-18(29-7-5-24-6-8-29)25-11-15(16)12-27-28-19/h2-4,9,11-12,24H,5-8,10H2,1H3,(H,26,28). The zero-order chi connectivity index (χ0) is 20.4. The molecule has 2 N–H and O–H groups in total. The topological polar surface area (TPSA) is 66.0 Å². The number of alkyl halides is 3. The highest BCUT2D eigenvalue weighted by atomic mass is 19.4. The second-order valence-corrected chi connectivity index (χ2v) is 7.00. The summed E-state index contributed by atoms with van der Waals surface area (Å²) in [7, 11) is 0. The fraction of sp³-hybridized carbons (Fsp3) is 0.350. The van der Waals surface area contributed by atoms with Crippen molar-refractivity contribution < 1.29 is 13.2 Å². The Morgan fingerprint density at radius 3 is 2.72 bits per heavy atom. The Bertz CT molecular complexity index is 1010. The van der Waals surface area contributed by atoms with E-state index in [1.165, 1.54) is 13.0 Å². The summed E-state index contributed by atoms with van der Waals surface area (Å²) in [6.45, 7) is 5.23. The van der Waals surface area contributed by atoms with Crippen LogP contribution in [0.5, 0.6) is 0 Å². The highest BCUT2D eigenvalue weighted by Crippen LogP contribution is 2.33. The van der Waals surface area contributed by atoms with Crippen molar-refractivity contribution in [1.29, 1.82) is 0 Å². The van der Waals surface area contributed by atoms with Crippen LogP contribution in [0.1, 0.15) is 16.7 Å². The number of benzene rings is 1. The Balaban J connectivity index is 1.61. The number of rotatable bonds is 4. The number of nitrogens with one attached hydrogen (secondary N) is 2. The summed E-state index contributed by atoms with van der Waals surface area (Å²) in [5, 5.41) is 16.3. The lowest BCUT2D eigenvalue weighted by Crippen LogP contribution is -2.43. The summed E-state index contributed by atoms with van der Waals surface area (Å²) in [5.41, 5.74) is 0.157. The third-order valence-corrected chi connectivity index (χ3v) is 5.17. The quantitative estimate of drug-likeness (QED) is 0.698. The van der Waals surface area contributed by atoms with Gasteiger partial charge in [-0.15, -0.1) is 5.10 Å². The van der Waals surface area contributed by atoms with Gasteiger partial charge >= 0.3 is 6.18 Å². The Labute approximate surface area is 166 Å². The maximum Gasteiger partial charge on any atom is 0.416 e. The van der Waals surface area contributed by atoms with Crippen LogP contribution in [0.3, 0.4) is 0 Å². The maximum atomic E-state index is 13.2. The second kappa shape index (κ2) is 7.82. The normalized spacial score (nSPS) is 15.0. The zero-order valence-electron chi connectivity index (χ0n) is 15.9. The molecule has 0 radical (unpaired) electrons. The molecule has 0 aliphatic carbocycles. The van der Waals surface area contributed by atoms with Crippen LogP contribution < -0.4 is 15.5 Å². The van der Waals surface area contributed by atoms with E-state index in [0.717, 1.165) is 48.8 Å². The van der Waals surface area contributed by atoms with Crippen LogP contribution in [0.15, 0.2) is 36.7 Å². The lowest BCUT2D eigenvalue weighted by molar-refractivity contribution is -0.138. The van der Waals surface area contributed by atoms with Gasteiger partial charge in [-0.3, -0.25) is 0 Å². The molecule has 4 rings (SSSR count). The molecule has 0 atom stereocenters. The van der Waals surface area contributed by atoms with Crippen LogP contribution in [0.4, 0.5) is 24.8 Å². The van der Waals surface area contributed by atoms with Crippen molar-refractivity contribution in [2.45, 2.75) is 19.6 Å². The molecule has 1 aliphatic heterocycles. The summed E-state index contributed by atoms with van der Waals surface area (Å²) in [5.74, 6) is 1.38. The third kappa shape index (κ3) is 4.09. The van der Waals surface area contributed by atoms with Gasteiger partial charge in [0.15, 0.2) is 5.82 Å². The van der Waals surface area contributed by atoms with Crippen LogP contribution in [0.2, 0.25) is 0 Å². The van der Waals surface area contributed by atoms with Gasteiger partial charge in [-0.1, -0.05) is 12.1 Å². The van der Waals surface area contributed by atoms with Gasteiger partial charge < -0.3 is 15.5 Å². The molecule has 0 saturated carbocycles. The van der Waals surface area contributed by atoms with Gasteiger partial charge in [0.25, 0.3) is 0 Å². The van der Waals surface area contributed by atoms with E-state index < -0.39 is 11.7 Å². The van der Waals surface area contributed by atoms with E-state index in [0.29, 0.717) is 11.4 Å². The Kier molecular flexibility index (Phi) is 5.23. The molecule has 9 heteroatoms. The van der Waals surface area contributed by atoms with Crippen molar-refractivity contribution in [2.24, 2.45) is 0 Å². The minimum atomic E-state index is -4.37. The number of nitrogens with zero attached hydrogens (tertiary/aromatic N) is 4. The maximum absolute atomic E-state index is 13.2. The van der Waals surface area contributed by atoms with Crippen LogP contribution in [0.25, 0.3) is 10.8 Å². The molecule has 29 heavy (non-hydrogen) atoms. The molecule has 0 unspecified atom stereocenters. The van der Waals surface area contributed by atoms with E-state index in [1.807, 2.05) is 6.07 Å². The summed E-state index contributed by atoms with van der Waals surface area (Å²) in [6.07, 6.45) is -0.990. The first kappa shape index (κ1) is 19.4. The monoisotopic (exact) mass is 402 g/mol. The molecule has 0 bridgehead atoms. The van der Waals surface area contributed by atoms with E-state index in [-0.39, 0.29) is 12.1 Å². The van der Waals surface area contributed by atoms with E-state index in [4.69, 9.17) is 0 Å². The van der Waals surface area contributed by atoms with Gasteiger partial charge in [-0.25, -0.2) is 4.98 Å². The number of anilines is 2. The van der Waals surface area contributed by atoms with Gasteiger partial charge in [0.2, 0.25) is 0 Å². The number of halogens is 3. The minimum Gasteiger partial charge on any atom is -0.364 e. The average Bonchev–Trinajstić information content (AvgIpc) is 2.72. The van der Waals surface area contributed by atoms with Crippen LogP contribution in [-0.2, 0) is 12.7 Å². The molecule has 1 fully saturated rings. The molecule has 3 heterocycles. The fourth-order valence-electron chi connectivity index (χ4n) is 3.52. The van der Waals surface area contributed by atoms with Crippen LogP contribution in [0, 0.1) is 6.92 Å². The molecule has 0 spiro atoms. The molecule has 6 nitrogen and oxygen atoms in total. The van der Waals surface area contributed by atoms with Crippen molar-refractivity contribution in [3.63, 3.8) is 0 Å². The number of aromatic nitrogens is 3. The number of fused-ring (bicyclic) bond motifs is 1. The molecule has 1 aromatic carbocycles. The van der Waals surface area contributed by atoms with Gasteiger partial charge in [0, 0.05) is 49.7 Å². The zero-order valence-corrected chi connectivity index (χ0v) is 15.9. The van der Waals surface area contributed by atoms with Gasteiger partial charge in [0.1, 0.15) is 5.82 Å². The fourth-order valence-corrected chi connectivity index (χ4v) is 3.52. The SMILES string of the molecule is Cc1c(CNc2nncc3cnc(N4CCNCC4)cc23)cccc1C(F)(F)F. The Morgan fingerprint density at radius 1 is 1.17 bits per heavy atom. The first-order chi connectivity index (χ1) is 13.9. The molecular formula is C20H21F3N6. The van der Waals surface area contributed by atoms with E-state index >= 15 is 0 Å². The van der Waals surface area contributed by atoms with Gasteiger partial charge in [-0.05, 0) is 30.2 Å². The third-order valence-electron chi connectivity index (χ3n) is 5.17. The minimum absolute atomic E-state index is 0.212. The molecule has 1 saturated heterocycles. The Morgan fingerprint density at radius 2 is 1.97 bits per heavy atom. The molecule has 0 amide bonds. The van der Waals surface area contributed by atoms with Crippen molar-refractivity contribution in [3.05, 3.63) is 53.3 Å². The summed E-state index contributed by atoms with van der Waals surface area (Å²) in [4.78, 5) is 6.71. The Hall–Kier alpha value is -2.94. The second-order valence-electron chi connectivity index (χ2n) is 7.00. The predicted molar refractivity (Wildman–Crippen MR) is 106 cm³/mol.